The second-order valence-electron chi connectivity index (χ2n) is 7.19. The number of hydrogen-bond donors (Lipinski definition) is 3. The molecule has 1 saturated carbocycles. The van der Waals surface area contributed by atoms with E-state index in [4.69, 9.17) is 0 Å². The quantitative estimate of drug-likeness (QED) is 0.675. The molecule has 134 valence electrons. The summed E-state index contributed by atoms with van der Waals surface area (Å²) in [6, 6.07) is 10.7. The van der Waals surface area contributed by atoms with E-state index in [1.54, 1.807) is 12.4 Å². The minimum atomic E-state index is -0.232. The lowest BCUT2D eigenvalue weighted by molar-refractivity contribution is 0.0927. The van der Waals surface area contributed by atoms with E-state index in [1.165, 1.54) is 5.56 Å². The molecular weight excluding hydrogens is 326 g/mol. The van der Waals surface area contributed by atoms with Gasteiger partial charge < -0.3 is 15.3 Å². The summed E-state index contributed by atoms with van der Waals surface area (Å²) in [6.07, 6.45) is 7.36. The summed E-state index contributed by atoms with van der Waals surface area (Å²) >= 11 is 0. The van der Waals surface area contributed by atoms with Crippen molar-refractivity contribution in [2.45, 2.75) is 44.6 Å². The predicted octanol–water partition coefficient (Wildman–Crippen LogP) is 3.62. The molecule has 0 radical (unpaired) electrons. The Morgan fingerprint density at radius 2 is 1.77 bits per heavy atom. The summed E-state index contributed by atoms with van der Waals surface area (Å²) in [5, 5.41) is 3.57. The van der Waals surface area contributed by atoms with Crippen LogP contribution < -0.4 is 10.9 Å². The van der Waals surface area contributed by atoms with Gasteiger partial charge in [0.05, 0.1) is 16.5 Å². The second kappa shape index (κ2) is 6.83. The number of benzene rings is 1. The summed E-state index contributed by atoms with van der Waals surface area (Å²) in [4.78, 5) is 30.6. The van der Waals surface area contributed by atoms with Gasteiger partial charge in [-0.05, 0) is 49.7 Å². The van der Waals surface area contributed by atoms with E-state index in [9.17, 15) is 9.59 Å². The number of aryl methyl sites for hydroxylation is 1. The van der Waals surface area contributed by atoms with Crippen molar-refractivity contribution in [1.29, 1.82) is 0 Å². The molecule has 0 unspecified atom stereocenters. The first-order valence-corrected chi connectivity index (χ1v) is 9.18. The number of H-pyrrole nitrogens is 2. The molecule has 2 aromatic heterocycles. The van der Waals surface area contributed by atoms with Crippen LogP contribution in [0, 0.1) is 6.92 Å². The fourth-order valence-corrected chi connectivity index (χ4v) is 4.03. The minimum Gasteiger partial charge on any atom is -0.360 e. The number of carbonyl (C=O) groups is 1. The third kappa shape index (κ3) is 3.05. The monoisotopic (exact) mass is 349 g/mol. The van der Waals surface area contributed by atoms with Crippen LogP contribution in [0.3, 0.4) is 0 Å². The molecule has 3 aromatic rings. The number of pyridine rings is 1. The highest BCUT2D eigenvalue weighted by Crippen LogP contribution is 2.32. The molecule has 3 N–H and O–H groups in total. The third-order valence-corrected chi connectivity index (χ3v) is 5.50. The van der Waals surface area contributed by atoms with Crippen LogP contribution in [0.5, 0.6) is 0 Å². The number of fused-ring (bicyclic) bond motifs is 1. The lowest BCUT2D eigenvalue weighted by Gasteiger charge is -2.29. The number of amides is 1. The van der Waals surface area contributed by atoms with Crippen molar-refractivity contribution in [1.82, 2.24) is 15.3 Å². The standard InChI is InChI=1S/C21H23N3O2/c1-13-11-23-21(26)18-17(12-22-19(13)18)20(25)24-16-9-7-15(8-10-16)14-5-3-2-4-6-14/h2-6,11-12,15-16,22H,7-10H2,1H3,(H,23,26)(H,24,25). The van der Waals surface area contributed by atoms with Gasteiger partial charge in [-0.1, -0.05) is 30.3 Å². The topological polar surface area (TPSA) is 77.8 Å². The molecule has 1 fully saturated rings. The molecular formula is C21H23N3O2. The molecule has 1 amide bonds. The van der Waals surface area contributed by atoms with Crippen LogP contribution in [-0.2, 0) is 0 Å². The third-order valence-electron chi connectivity index (χ3n) is 5.50. The Hall–Kier alpha value is -2.82. The summed E-state index contributed by atoms with van der Waals surface area (Å²) in [5.74, 6) is 0.401. The highest BCUT2D eigenvalue weighted by atomic mass is 16.2. The van der Waals surface area contributed by atoms with Gasteiger partial charge in [-0.15, -0.1) is 0 Å². The van der Waals surface area contributed by atoms with Crippen molar-refractivity contribution in [2.24, 2.45) is 0 Å². The summed E-state index contributed by atoms with van der Waals surface area (Å²) in [7, 11) is 0. The number of aromatic amines is 2. The highest BCUT2D eigenvalue weighted by Gasteiger charge is 2.25. The Kier molecular flexibility index (Phi) is 4.37. The van der Waals surface area contributed by atoms with Crippen molar-refractivity contribution < 1.29 is 4.79 Å². The molecule has 0 aliphatic heterocycles. The summed E-state index contributed by atoms with van der Waals surface area (Å²) in [5.41, 5.74) is 3.23. The van der Waals surface area contributed by atoms with Crippen molar-refractivity contribution in [3.05, 3.63) is 69.8 Å². The van der Waals surface area contributed by atoms with Gasteiger partial charge in [-0.3, -0.25) is 9.59 Å². The zero-order valence-electron chi connectivity index (χ0n) is 14.8. The van der Waals surface area contributed by atoms with E-state index in [-0.39, 0.29) is 17.5 Å². The van der Waals surface area contributed by atoms with Crippen molar-refractivity contribution >= 4 is 16.8 Å². The largest absolute Gasteiger partial charge is 0.360 e. The normalized spacial score (nSPS) is 20.2. The number of carbonyl (C=O) groups excluding carboxylic acids is 1. The van der Waals surface area contributed by atoms with Crippen LogP contribution in [0.2, 0.25) is 0 Å². The van der Waals surface area contributed by atoms with Gasteiger partial charge in [0.15, 0.2) is 0 Å². The Balaban J connectivity index is 1.45. The highest BCUT2D eigenvalue weighted by molar-refractivity contribution is 6.07. The molecule has 5 nitrogen and oxygen atoms in total. The SMILES string of the molecule is Cc1c[nH]c(=O)c2c(C(=O)NC3CCC(c4ccccc4)CC3)c[nH]c12. The van der Waals surface area contributed by atoms with E-state index < -0.39 is 0 Å². The minimum absolute atomic E-state index is 0.163. The molecule has 1 aromatic carbocycles. The smallest absolute Gasteiger partial charge is 0.258 e. The number of hydrogen-bond acceptors (Lipinski definition) is 2. The van der Waals surface area contributed by atoms with E-state index >= 15 is 0 Å². The number of aromatic nitrogens is 2. The van der Waals surface area contributed by atoms with Crippen LogP contribution in [0.15, 0.2) is 47.5 Å². The maximum Gasteiger partial charge on any atom is 0.258 e. The molecule has 26 heavy (non-hydrogen) atoms. The zero-order valence-corrected chi connectivity index (χ0v) is 14.8. The lowest BCUT2D eigenvalue weighted by atomic mass is 9.82. The Bertz CT molecular complexity index is 979. The Morgan fingerprint density at radius 1 is 1.04 bits per heavy atom. The average molecular weight is 349 g/mol. The van der Waals surface area contributed by atoms with E-state index in [1.807, 2.05) is 13.0 Å². The van der Waals surface area contributed by atoms with Crippen LogP contribution in [-0.4, -0.2) is 21.9 Å². The zero-order chi connectivity index (χ0) is 18.1. The van der Waals surface area contributed by atoms with Crippen LogP contribution in [0.25, 0.3) is 10.9 Å². The second-order valence-corrected chi connectivity index (χ2v) is 7.19. The molecule has 0 bridgehead atoms. The van der Waals surface area contributed by atoms with Gasteiger partial charge in [0, 0.05) is 18.4 Å². The van der Waals surface area contributed by atoms with Gasteiger partial charge in [0.25, 0.3) is 11.5 Å². The van der Waals surface area contributed by atoms with Gasteiger partial charge in [-0.25, -0.2) is 0 Å². The fourth-order valence-electron chi connectivity index (χ4n) is 4.03. The van der Waals surface area contributed by atoms with Crippen molar-refractivity contribution in [2.75, 3.05) is 0 Å². The van der Waals surface area contributed by atoms with Gasteiger partial charge in [-0.2, -0.15) is 0 Å². The summed E-state index contributed by atoms with van der Waals surface area (Å²) < 4.78 is 0. The van der Waals surface area contributed by atoms with Crippen LogP contribution in [0.4, 0.5) is 0 Å². The van der Waals surface area contributed by atoms with E-state index in [2.05, 4.69) is 39.6 Å². The molecule has 0 saturated heterocycles. The molecule has 1 aliphatic rings. The lowest BCUT2D eigenvalue weighted by Crippen LogP contribution is -2.37. The Morgan fingerprint density at radius 3 is 2.50 bits per heavy atom. The Labute approximate surface area is 151 Å². The first-order chi connectivity index (χ1) is 12.6. The van der Waals surface area contributed by atoms with Crippen molar-refractivity contribution in [3.63, 3.8) is 0 Å². The van der Waals surface area contributed by atoms with Gasteiger partial charge in [0.2, 0.25) is 0 Å². The number of rotatable bonds is 3. The van der Waals surface area contributed by atoms with E-state index in [0.717, 1.165) is 36.8 Å². The predicted molar refractivity (Wildman–Crippen MR) is 103 cm³/mol. The van der Waals surface area contributed by atoms with Crippen LogP contribution >= 0.6 is 0 Å². The summed E-state index contributed by atoms with van der Waals surface area (Å²) in [6.45, 7) is 1.90. The fraction of sp³-hybridized carbons (Fsp3) is 0.333. The van der Waals surface area contributed by atoms with Gasteiger partial charge >= 0.3 is 0 Å². The molecule has 0 atom stereocenters. The molecule has 2 heterocycles. The maximum absolute atomic E-state index is 12.7. The average Bonchev–Trinajstić information content (AvgIpc) is 3.13. The molecule has 4 rings (SSSR count). The first kappa shape index (κ1) is 16.6. The first-order valence-electron chi connectivity index (χ1n) is 9.18. The van der Waals surface area contributed by atoms with E-state index in [0.29, 0.717) is 16.9 Å². The maximum atomic E-state index is 12.7. The van der Waals surface area contributed by atoms with Gasteiger partial charge in [0.1, 0.15) is 0 Å². The molecule has 1 aliphatic carbocycles. The molecule has 5 heteroatoms. The number of nitrogens with one attached hydrogen (secondary N) is 3. The van der Waals surface area contributed by atoms with Crippen molar-refractivity contribution in [3.8, 4) is 0 Å². The van der Waals surface area contributed by atoms with Crippen LogP contribution in [0.1, 0.15) is 53.1 Å². The molecule has 0 spiro atoms.